The van der Waals surface area contributed by atoms with Gasteiger partial charge >= 0.3 is 5.69 Å². The van der Waals surface area contributed by atoms with E-state index in [1.54, 1.807) is 24.3 Å². The van der Waals surface area contributed by atoms with Gasteiger partial charge in [-0.25, -0.2) is 9.78 Å². The van der Waals surface area contributed by atoms with Crippen LogP contribution in [0.25, 0.3) is 11.0 Å². The highest BCUT2D eigenvalue weighted by molar-refractivity contribution is 6.30. The second-order valence-corrected chi connectivity index (χ2v) is 5.08. The Hall–Kier alpha value is -2.47. The van der Waals surface area contributed by atoms with Gasteiger partial charge in [0.05, 0.1) is 10.5 Å². The molecular weight excluding hydrogens is 292 g/mol. The van der Waals surface area contributed by atoms with Gasteiger partial charge in [-0.15, -0.1) is 0 Å². The van der Waals surface area contributed by atoms with E-state index in [1.807, 2.05) is 6.92 Å². The molecule has 2 heterocycles. The maximum absolute atomic E-state index is 11.4. The molecule has 21 heavy (non-hydrogen) atoms. The number of nitrogens with zero attached hydrogens (tertiary/aromatic N) is 1. The number of imidazole rings is 1. The summed E-state index contributed by atoms with van der Waals surface area (Å²) in [7, 11) is 0. The number of H-pyrrole nitrogens is 2. The number of pyridine rings is 1. The van der Waals surface area contributed by atoms with E-state index in [0.717, 1.165) is 0 Å². The lowest BCUT2D eigenvalue weighted by Gasteiger charge is -2.17. The van der Waals surface area contributed by atoms with Crippen molar-refractivity contribution in [3.05, 3.63) is 51.5 Å². The number of hydrogen-bond donors (Lipinski definition) is 3. The average molecular weight is 305 g/mol. The number of hydrogen-bond acceptors (Lipinski definition) is 4. The van der Waals surface area contributed by atoms with Crippen molar-refractivity contribution in [1.82, 2.24) is 15.0 Å². The maximum atomic E-state index is 11.4. The van der Waals surface area contributed by atoms with Gasteiger partial charge in [0.1, 0.15) is 23.2 Å². The molecule has 6 nitrogen and oxygen atoms in total. The lowest BCUT2D eigenvalue weighted by Crippen LogP contribution is -2.08. The normalized spacial score (nSPS) is 12.5. The molecule has 3 aromatic rings. The van der Waals surface area contributed by atoms with Crippen LogP contribution in [-0.2, 0) is 0 Å². The first-order chi connectivity index (χ1) is 10.0. The van der Waals surface area contributed by atoms with E-state index in [4.69, 9.17) is 22.1 Å². The van der Waals surface area contributed by atoms with Crippen molar-refractivity contribution in [2.24, 2.45) is 0 Å². The molecule has 0 aliphatic carbocycles. The third-order valence-electron chi connectivity index (χ3n) is 3.17. The summed E-state index contributed by atoms with van der Waals surface area (Å²) in [5.41, 5.74) is 7.56. The number of para-hydroxylation sites is 1. The minimum atomic E-state index is -0.361. The van der Waals surface area contributed by atoms with E-state index in [9.17, 15) is 4.79 Å². The van der Waals surface area contributed by atoms with Crippen LogP contribution in [0.4, 0.5) is 5.82 Å². The van der Waals surface area contributed by atoms with Crippen molar-refractivity contribution in [3.8, 4) is 5.75 Å². The van der Waals surface area contributed by atoms with Crippen LogP contribution < -0.4 is 16.2 Å². The Balaban J connectivity index is 1.98. The first-order valence-corrected chi connectivity index (χ1v) is 6.71. The third kappa shape index (κ3) is 2.57. The number of fused-ring (bicyclic) bond motifs is 1. The molecule has 2 aromatic heterocycles. The van der Waals surface area contributed by atoms with Crippen molar-refractivity contribution < 1.29 is 4.74 Å². The molecule has 0 saturated heterocycles. The second kappa shape index (κ2) is 5.14. The molecule has 0 unspecified atom stereocenters. The van der Waals surface area contributed by atoms with Crippen molar-refractivity contribution in [2.45, 2.75) is 13.0 Å². The molecule has 1 aromatic carbocycles. The number of rotatable bonds is 3. The molecule has 0 aliphatic rings. The van der Waals surface area contributed by atoms with Gasteiger partial charge in [0.25, 0.3) is 0 Å². The van der Waals surface area contributed by atoms with Crippen LogP contribution in [0.2, 0.25) is 5.02 Å². The van der Waals surface area contributed by atoms with Crippen LogP contribution in [0, 0.1) is 0 Å². The number of benzene rings is 1. The predicted octanol–water partition coefficient (Wildman–Crippen LogP) is 2.63. The standard InChI is InChI=1S/C14H13ClN4O2/c1-7(9-5-8(15)6-17-13(9)16)21-11-4-2-3-10-12(11)19-14(20)18-10/h2-7H,1H3,(H2,16,17)(H2,18,19,20)/t7-/m1/s1. The van der Waals surface area contributed by atoms with Gasteiger partial charge in [-0.05, 0) is 25.1 Å². The van der Waals surface area contributed by atoms with Crippen molar-refractivity contribution in [1.29, 1.82) is 0 Å². The number of aromatic amines is 2. The van der Waals surface area contributed by atoms with Gasteiger partial charge in [-0.1, -0.05) is 17.7 Å². The first kappa shape index (κ1) is 13.5. The van der Waals surface area contributed by atoms with Crippen LogP contribution >= 0.6 is 11.6 Å². The fourth-order valence-electron chi connectivity index (χ4n) is 2.17. The van der Waals surface area contributed by atoms with E-state index in [2.05, 4.69) is 15.0 Å². The third-order valence-corrected chi connectivity index (χ3v) is 3.38. The van der Waals surface area contributed by atoms with Crippen LogP contribution in [0.15, 0.2) is 35.3 Å². The molecule has 1 atom stereocenters. The Morgan fingerprint density at radius 3 is 3.00 bits per heavy atom. The number of nitrogens with one attached hydrogen (secondary N) is 2. The number of halogens is 1. The Morgan fingerprint density at radius 1 is 1.38 bits per heavy atom. The van der Waals surface area contributed by atoms with E-state index in [0.29, 0.717) is 33.2 Å². The van der Waals surface area contributed by atoms with Crippen LogP contribution in [0.1, 0.15) is 18.6 Å². The highest BCUT2D eigenvalue weighted by Crippen LogP contribution is 2.29. The zero-order valence-electron chi connectivity index (χ0n) is 11.2. The van der Waals surface area contributed by atoms with Gasteiger partial charge in [0.15, 0.2) is 0 Å². The minimum absolute atomic E-state index is 0.280. The molecule has 0 amide bonds. The van der Waals surface area contributed by atoms with Gasteiger partial charge in [0, 0.05) is 11.8 Å². The van der Waals surface area contributed by atoms with E-state index >= 15 is 0 Å². The second-order valence-electron chi connectivity index (χ2n) is 4.65. The number of ether oxygens (including phenoxy) is 1. The molecule has 108 valence electrons. The van der Waals surface area contributed by atoms with Crippen LogP contribution in [0.5, 0.6) is 5.75 Å². The van der Waals surface area contributed by atoms with Crippen molar-refractivity contribution >= 4 is 28.5 Å². The summed E-state index contributed by atoms with van der Waals surface area (Å²) in [5.74, 6) is 0.916. The SMILES string of the molecule is C[C@@H](Oc1cccc2[nH]c(=O)[nH]c12)c1cc(Cl)cnc1N. The number of anilines is 1. The molecule has 0 fully saturated rings. The minimum Gasteiger partial charge on any atom is -0.484 e. The molecule has 0 bridgehead atoms. The van der Waals surface area contributed by atoms with Gasteiger partial charge in [-0.3, -0.25) is 0 Å². The smallest absolute Gasteiger partial charge is 0.323 e. The van der Waals surface area contributed by atoms with Gasteiger partial charge in [-0.2, -0.15) is 0 Å². The van der Waals surface area contributed by atoms with E-state index in [1.165, 1.54) is 6.20 Å². The largest absolute Gasteiger partial charge is 0.484 e. The summed E-state index contributed by atoms with van der Waals surface area (Å²) >= 11 is 5.94. The summed E-state index contributed by atoms with van der Waals surface area (Å²) in [5, 5.41) is 0.489. The molecule has 0 radical (unpaired) electrons. The molecule has 0 aliphatic heterocycles. The Labute approximate surface area is 124 Å². The van der Waals surface area contributed by atoms with Crippen molar-refractivity contribution in [3.63, 3.8) is 0 Å². The van der Waals surface area contributed by atoms with Gasteiger partial charge in [0.2, 0.25) is 0 Å². The highest BCUT2D eigenvalue weighted by atomic mass is 35.5. The molecule has 3 rings (SSSR count). The Bertz CT molecular complexity index is 856. The number of nitrogens with two attached hydrogens (primary N) is 1. The zero-order chi connectivity index (χ0) is 15.0. The van der Waals surface area contributed by atoms with Crippen LogP contribution in [-0.4, -0.2) is 15.0 Å². The lowest BCUT2D eigenvalue weighted by molar-refractivity contribution is 0.230. The van der Waals surface area contributed by atoms with E-state index < -0.39 is 0 Å². The summed E-state index contributed by atoms with van der Waals surface area (Å²) < 4.78 is 5.89. The maximum Gasteiger partial charge on any atom is 0.323 e. The quantitative estimate of drug-likeness (QED) is 0.693. The lowest BCUT2D eigenvalue weighted by atomic mass is 10.1. The topological polar surface area (TPSA) is 96.8 Å². The van der Waals surface area contributed by atoms with E-state index in [-0.39, 0.29) is 11.8 Å². The summed E-state index contributed by atoms with van der Waals surface area (Å²) in [6.07, 6.45) is 1.12. The monoisotopic (exact) mass is 304 g/mol. The summed E-state index contributed by atoms with van der Waals surface area (Å²) in [6, 6.07) is 7.08. The summed E-state index contributed by atoms with van der Waals surface area (Å²) in [6.45, 7) is 1.84. The first-order valence-electron chi connectivity index (χ1n) is 6.33. The van der Waals surface area contributed by atoms with Crippen molar-refractivity contribution in [2.75, 3.05) is 5.73 Å². The fourth-order valence-corrected chi connectivity index (χ4v) is 2.34. The molecular formula is C14H13ClN4O2. The zero-order valence-corrected chi connectivity index (χ0v) is 11.9. The highest BCUT2D eigenvalue weighted by Gasteiger charge is 2.15. The Kier molecular flexibility index (Phi) is 3.31. The average Bonchev–Trinajstić information content (AvgIpc) is 2.83. The number of aromatic nitrogens is 3. The molecule has 0 spiro atoms. The molecule has 4 N–H and O–H groups in total. The van der Waals surface area contributed by atoms with Gasteiger partial charge < -0.3 is 20.4 Å². The molecule has 0 saturated carbocycles. The van der Waals surface area contributed by atoms with Crippen LogP contribution in [0.3, 0.4) is 0 Å². The number of nitrogen functional groups attached to an aromatic ring is 1. The molecule has 7 heteroatoms. The Morgan fingerprint density at radius 2 is 2.19 bits per heavy atom. The summed E-state index contributed by atoms with van der Waals surface area (Å²) in [4.78, 5) is 20.8. The fraction of sp³-hybridized carbons (Fsp3) is 0.143. The predicted molar refractivity (Wildman–Crippen MR) is 81.6 cm³/mol.